The summed E-state index contributed by atoms with van der Waals surface area (Å²) in [6.45, 7) is 10.2. The van der Waals surface area contributed by atoms with E-state index in [1.54, 1.807) is 6.07 Å². The van der Waals surface area contributed by atoms with E-state index in [0.29, 0.717) is 22.3 Å². The van der Waals surface area contributed by atoms with Gasteiger partial charge in [0.05, 0.1) is 11.4 Å². The van der Waals surface area contributed by atoms with E-state index in [4.69, 9.17) is 4.42 Å². The number of hydrogen-bond acceptors (Lipinski definition) is 7. The number of aryl methyl sites for hydroxylation is 1. The van der Waals surface area contributed by atoms with Crippen molar-refractivity contribution in [3.05, 3.63) is 69.4 Å². The van der Waals surface area contributed by atoms with Gasteiger partial charge in [-0.05, 0) is 67.1 Å². The lowest BCUT2D eigenvalue weighted by molar-refractivity contribution is -0.119. The normalized spacial score (nSPS) is 20.4. The number of amides is 2. The van der Waals surface area contributed by atoms with Crippen LogP contribution in [0, 0.1) is 12.3 Å². The zero-order valence-electron chi connectivity index (χ0n) is 21.0. The number of nitrogens with zero attached hydrogens (tertiary/aromatic N) is 1. The number of thioether (sulfide) groups is 1. The molecule has 0 saturated carbocycles. The topological polar surface area (TPSA) is 91.7 Å². The molecular formula is C28H31N3O4S. The second kappa shape index (κ2) is 9.32. The van der Waals surface area contributed by atoms with Crippen LogP contribution >= 0.6 is 11.8 Å². The average molecular weight is 506 g/mol. The van der Waals surface area contributed by atoms with E-state index >= 15 is 0 Å². The monoisotopic (exact) mass is 505 g/mol. The molecule has 3 aromatic rings. The molecule has 2 amide bonds. The van der Waals surface area contributed by atoms with Crippen molar-refractivity contribution in [2.75, 3.05) is 23.3 Å². The van der Waals surface area contributed by atoms with Gasteiger partial charge in [-0.1, -0.05) is 38.1 Å². The molecule has 2 N–H and O–H groups in total. The fourth-order valence-electron chi connectivity index (χ4n) is 4.96. The lowest BCUT2D eigenvalue weighted by Crippen LogP contribution is -2.37. The highest BCUT2D eigenvalue weighted by Gasteiger charge is 2.34. The van der Waals surface area contributed by atoms with Crippen molar-refractivity contribution in [3.63, 3.8) is 0 Å². The van der Waals surface area contributed by atoms with Crippen LogP contribution in [0.2, 0.25) is 0 Å². The summed E-state index contributed by atoms with van der Waals surface area (Å²) >= 11 is 0.983. The van der Waals surface area contributed by atoms with Crippen molar-refractivity contribution in [1.29, 1.82) is 0 Å². The van der Waals surface area contributed by atoms with Gasteiger partial charge in [0.1, 0.15) is 10.8 Å². The van der Waals surface area contributed by atoms with Crippen LogP contribution in [0.3, 0.4) is 0 Å². The molecule has 8 heteroatoms. The zero-order valence-corrected chi connectivity index (χ0v) is 21.8. The first-order chi connectivity index (χ1) is 17.1. The maximum absolute atomic E-state index is 13.2. The van der Waals surface area contributed by atoms with Crippen LogP contribution < -0.4 is 21.0 Å². The summed E-state index contributed by atoms with van der Waals surface area (Å²) in [5.41, 5.74) is 4.17. The second-order valence-corrected chi connectivity index (χ2v) is 11.6. The molecule has 3 heterocycles. The first-order valence-electron chi connectivity index (χ1n) is 12.3. The van der Waals surface area contributed by atoms with Crippen LogP contribution in [0.5, 0.6) is 0 Å². The molecule has 2 aliphatic heterocycles. The van der Waals surface area contributed by atoms with E-state index in [-0.39, 0.29) is 22.6 Å². The minimum atomic E-state index is -0.601. The predicted molar refractivity (Wildman–Crippen MR) is 145 cm³/mol. The molecule has 36 heavy (non-hydrogen) atoms. The van der Waals surface area contributed by atoms with Gasteiger partial charge in [0, 0.05) is 30.4 Å². The van der Waals surface area contributed by atoms with E-state index in [1.165, 1.54) is 0 Å². The number of fused-ring (bicyclic) bond motifs is 1. The maximum Gasteiger partial charge on any atom is 0.286 e. The molecule has 2 atom stereocenters. The zero-order chi connectivity index (χ0) is 25.6. The summed E-state index contributed by atoms with van der Waals surface area (Å²) < 4.78 is 6.43. The van der Waals surface area contributed by atoms with Crippen molar-refractivity contribution in [2.45, 2.75) is 51.8 Å². The number of hydrogen-bond donors (Lipinski definition) is 2. The third-order valence-electron chi connectivity index (χ3n) is 7.19. The number of imide groups is 1. The maximum atomic E-state index is 13.2. The summed E-state index contributed by atoms with van der Waals surface area (Å²) in [6, 6.07) is 12.8. The third-order valence-corrected chi connectivity index (χ3v) is 8.21. The van der Waals surface area contributed by atoms with E-state index in [2.05, 4.69) is 29.4 Å². The number of nitrogens with one attached hydrogen (secondary N) is 2. The lowest BCUT2D eigenvalue weighted by atomic mass is 9.83. The largest absolute Gasteiger partial charge is 0.440 e. The van der Waals surface area contributed by atoms with Gasteiger partial charge in [-0.3, -0.25) is 19.7 Å². The Morgan fingerprint density at radius 2 is 1.83 bits per heavy atom. The van der Waals surface area contributed by atoms with Gasteiger partial charge in [-0.2, -0.15) is 0 Å². The molecule has 7 nitrogen and oxygen atoms in total. The van der Waals surface area contributed by atoms with Crippen molar-refractivity contribution in [3.8, 4) is 0 Å². The molecule has 1 aromatic heterocycles. The smallest absolute Gasteiger partial charge is 0.286 e. The van der Waals surface area contributed by atoms with Crippen molar-refractivity contribution in [1.82, 2.24) is 5.32 Å². The Balaban J connectivity index is 1.51. The molecule has 2 saturated heterocycles. The molecule has 0 aliphatic carbocycles. The number of anilines is 2. The number of rotatable bonds is 5. The van der Waals surface area contributed by atoms with Crippen LogP contribution in [0.1, 0.15) is 61.6 Å². The Bertz CT molecular complexity index is 1400. The number of benzene rings is 2. The number of para-hydroxylation sites is 1. The highest BCUT2D eigenvalue weighted by atomic mass is 32.2. The van der Waals surface area contributed by atoms with E-state index < -0.39 is 5.25 Å². The molecule has 0 bridgehead atoms. The molecule has 188 valence electrons. The van der Waals surface area contributed by atoms with Crippen LogP contribution in [0.25, 0.3) is 11.0 Å². The Morgan fingerprint density at radius 3 is 2.53 bits per heavy atom. The van der Waals surface area contributed by atoms with E-state index in [9.17, 15) is 14.4 Å². The number of piperidine rings is 1. The number of carbonyl (C=O) groups excluding carboxylic acids is 2. The van der Waals surface area contributed by atoms with Crippen LogP contribution in [-0.2, 0) is 4.79 Å². The summed E-state index contributed by atoms with van der Waals surface area (Å²) in [7, 11) is 0. The predicted octanol–water partition coefficient (Wildman–Crippen LogP) is 5.93. The van der Waals surface area contributed by atoms with Gasteiger partial charge < -0.3 is 14.6 Å². The van der Waals surface area contributed by atoms with Gasteiger partial charge in [0.2, 0.25) is 5.91 Å². The molecule has 5 rings (SSSR count). The average Bonchev–Trinajstić information content (AvgIpc) is 3.16. The SMILES string of the molecule is Cc1cc([C@@H](C)Nc2ccccc2[C@@H]2SC(=O)NC2=O)c2oc(N3CCC(C)(C)CC3)cc(=O)c2c1. The van der Waals surface area contributed by atoms with Crippen molar-refractivity contribution < 1.29 is 14.0 Å². The fraction of sp³-hybridized carbons (Fsp3) is 0.393. The Kier molecular flexibility index (Phi) is 6.32. The Morgan fingerprint density at radius 1 is 1.11 bits per heavy atom. The number of carbonyl (C=O) groups is 2. The summed E-state index contributed by atoms with van der Waals surface area (Å²) in [6.07, 6.45) is 2.08. The molecule has 2 aliphatic rings. The van der Waals surface area contributed by atoms with Gasteiger partial charge in [-0.15, -0.1) is 0 Å². The lowest BCUT2D eigenvalue weighted by Gasteiger charge is -2.37. The van der Waals surface area contributed by atoms with Gasteiger partial charge in [0.25, 0.3) is 5.24 Å². The molecule has 0 spiro atoms. The van der Waals surface area contributed by atoms with Crippen molar-refractivity contribution in [2.24, 2.45) is 5.41 Å². The third kappa shape index (κ3) is 4.74. The van der Waals surface area contributed by atoms with E-state index in [1.807, 2.05) is 50.2 Å². The molecule has 0 radical (unpaired) electrons. The second-order valence-electron chi connectivity index (χ2n) is 10.6. The van der Waals surface area contributed by atoms with Crippen LogP contribution in [0.4, 0.5) is 16.4 Å². The van der Waals surface area contributed by atoms with Gasteiger partial charge in [-0.25, -0.2) is 0 Å². The summed E-state index contributed by atoms with van der Waals surface area (Å²) in [5, 5.41) is 5.49. The van der Waals surface area contributed by atoms with E-state index in [0.717, 1.165) is 60.1 Å². The van der Waals surface area contributed by atoms with Gasteiger partial charge >= 0.3 is 0 Å². The van der Waals surface area contributed by atoms with Crippen LogP contribution in [0.15, 0.2) is 51.7 Å². The van der Waals surface area contributed by atoms with Crippen LogP contribution in [-0.4, -0.2) is 24.2 Å². The summed E-state index contributed by atoms with van der Waals surface area (Å²) in [5.74, 6) is 0.298. The standard InChI is InChI=1S/C28H31N3O4S/c1-16-13-19(17(2)29-21-8-6-5-7-18(21)25-26(33)30-27(34)36-25)24-20(14-16)22(32)15-23(35-24)31-11-9-28(3,4)10-12-31/h5-8,13-15,17,25,29H,9-12H2,1-4H3,(H,30,33,34)/t17-,25+/m1/s1. The molecule has 0 unspecified atom stereocenters. The van der Waals surface area contributed by atoms with Gasteiger partial charge in [0.15, 0.2) is 11.3 Å². The summed E-state index contributed by atoms with van der Waals surface area (Å²) in [4.78, 5) is 39.4. The minimum absolute atomic E-state index is 0.0498. The minimum Gasteiger partial charge on any atom is -0.440 e. The Hall–Kier alpha value is -3.26. The molecule has 2 aromatic carbocycles. The first-order valence-corrected chi connectivity index (χ1v) is 13.2. The first kappa shape index (κ1) is 24.4. The fourth-order valence-corrected chi connectivity index (χ4v) is 5.83. The highest BCUT2D eigenvalue weighted by Crippen LogP contribution is 2.40. The highest BCUT2D eigenvalue weighted by molar-refractivity contribution is 8.15. The quantitative estimate of drug-likeness (QED) is 0.444. The molecular weight excluding hydrogens is 474 g/mol. The molecule has 2 fully saturated rings. The van der Waals surface area contributed by atoms with Crippen molar-refractivity contribution >= 4 is 45.4 Å². The Labute approximate surface area is 214 Å².